The molecule has 1 aliphatic heterocycles. The normalized spacial score (nSPS) is 29.6. The smallest absolute Gasteiger partial charge is 0.311 e. The lowest BCUT2D eigenvalue weighted by atomic mass is 9.83. The lowest BCUT2D eigenvalue weighted by Crippen LogP contribution is -2.09. The third kappa shape index (κ3) is 1.14. The summed E-state index contributed by atoms with van der Waals surface area (Å²) in [6.07, 6.45) is 10.4. The first-order valence-electron chi connectivity index (χ1n) is 5.15. The fraction of sp³-hybridized carbons (Fsp3) is 0.417. The molecule has 0 aromatic rings. The van der Waals surface area contributed by atoms with Crippen LogP contribution in [0.1, 0.15) is 25.7 Å². The summed E-state index contributed by atoms with van der Waals surface area (Å²) in [4.78, 5) is 11.1. The van der Waals surface area contributed by atoms with Gasteiger partial charge in [-0.05, 0) is 36.5 Å². The molecule has 1 heterocycles. The fourth-order valence-corrected chi connectivity index (χ4v) is 2.40. The van der Waals surface area contributed by atoms with Gasteiger partial charge in [0.25, 0.3) is 0 Å². The maximum absolute atomic E-state index is 11.1. The summed E-state index contributed by atoms with van der Waals surface area (Å²) in [5, 5.41) is 0. The van der Waals surface area contributed by atoms with Crippen LogP contribution >= 0.6 is 0 Å². The third-order valence-corrected chi connectivity index (χ3v) is 3.10. The van der Waals surface area contributed by atoms with Crippen molar-refractivity contribution in [2.24, 2.45) is 5.92 Å². The molecule has 0 saturated carbocycles. The number of rotatable bonds is 0. The molecule has 0 aromatic carbocycles. The van der Waals surface area contributed by atoms with Crippen molar-refractivity contribution in [3.63, 3.8) is 0 Å². The molecular weight excluding hydrogens is 176 g/mol. The van der Waals surface area contributed by atoms with Gasteiger partial charge in [0.2, 0.25) is 0 Å². The van der Waals surface area contributed by atoms with Crippen LogP contribution in [0.25, 0.3) is 0 Å². The highest BCUT2D eigenvalue weighted by Crippen LogP contribution is 2.40. The number of ether oxygens (including phenoxy) is 1. The van der Waals surface area contributed by atoms with Crippen LogP contribution in [0.5, 0.6) is 0 Å². The molecule has 1 atom stereocenters. The topological polar surface area (TPSA) is 26.3 Å². The molecule has 0 N–H and O–H groups in total. The molecule has 1 unspecified atom stereocenters. The van der Waals surface area contributed by atoms with E-state index >= 15 is 0 Å². The zero-order valence-corrected chi connectivity index (χ0v) is 7.95. The van der Waals surface area contributed by atoms with Crippen LogP contribution in [0.4, 0.5) is 0 Å². The van der Waals surface area contributed by atoms with Crippen LogP contribution < -0.4 is 0 Å². The van der Waals surface area contributed by atoms with Crippen LogP contribution in [-0.4, -0.2) is 5.97 Å². The second kappa shape index (κ2) is 2.84. The van der Waals surface area contributed by atoms with Crippen molar-refractivity contribution >= 4 is 5.97 Å². The SMILES string of the molecule is O=C1CC2CC3=CCCC=C3C=C2O1. The second-order valence-corrected chi connectivity index (χ2v) is 4.09. The minimum Gasteiger partial charge on any atom is -0.431 e. The summed E-state index contributed by atoms with van der Waals surface area (Å²) in [6, 6.07) is 0. The molecule has 0 spiro atoms. The lowest BCUT2D eigenvalue weighted by molar-refractivity contribution is -0.135. The Labute approximate surface area is 82.9 Å². The lowest BCUT2D eigenvalue weighted by Gasteiger charge is -2.22. The Morgan fingerprint density at radius 2 is 2.07 bits per heavy atom. The van der Waals surface area contributed by atoms with E-state index in [0.717, 1.165) is 25.0 Å². The van der Waals surface area contributed by atoms with Gasteiger partial charge in [0.15, 0.2) is 0 Å². The molecular formula is C12H12O2. The van der Waals surface area contributed by atoms with Crippen molar-refractivity contribution in [1.82, 2.24) is 0 Å². The number of hydrogen-bond donors (Lipinski definition) is 0. The standard InChI is InChI=1S/C12H12O2/c13-12-7-10-5-8-3-1-2-4-9(8)6-11(10)14-12/h3-4,6,10H,1-2,5,7H2. The maximum atomic E-state index is 11.1. The Bertz CT molecular complexity index is 385. The predicted molar refractivity (Wildman–Crippen MR) is 52.3 cm³/mol. The van der Waals surface area contributed by atoms with Crippen LogP contribution in [0.2, 0.25) is 0 Å². The quantitative estimate of drug-likeness (QED) is 0.546. The minimum atomic E-state index is -0.0684. The predicted octanol–water partition coefficient (Wildman–Crippen LogP) is 2.48. The number of hydrogen-bond acceptors (Lipinski definition) is 2. The molecule has 2 heteroatoms. The van der Waals surface area contributed by atoms with Crippen LogP contribution in [0.15, 0.2) is 35.1 Å². The van der Waals surface area contributed by atoms with Gasteiger partial charge in [-0.25, -0.2) is 0 Å². The average Bonchev–Trinajstić information content (AvgIpc) is 2.53. The van der Waals surface area contributed by atoms with Gasteiger partial charge in [0.05, 0.1) is 6.42 Å². The van der Waals surface area contributed by atoms with E-state index in [4.69, 9.17) is 4.74 Å². The molecule has 2 aliphatic carbocycles. The van der Waals surface area contributed by atoms with Crippen LogP contribution in [0.3, 0.4) is 0 Å². The molecule has 1 saturated heterocycles. The number of esters is 1. The second-order valence-electron chi connectivity index (χ2n) is 4.09. The zero-order chi connectivity index (χ0) is 9.54. The highest BCUT2D eigenvalue weighted by molar-refractivity contribution is 5.75. The van der Waals surface area contributed by atoms with E-state index in [2.05, 4.69) is 12.2 Å². The number of allylic oxidation sites excluding steroid dienone is 6. The first-order chi connectivity index (χ1) is 6.83. The summed E-state index contributed by atoms with van der Waals surface area (Å²) >= 11 is 0. The summed E-state index contributed by atoms with van der Waals surface area (Å²) in [5.74, 6) is 1.14. The fourth-order valence-electron chi connectivity index (χ4n) is 2.40. The van der Waals surface area contributed by atoms with Crippen molar-refractivity contribution in [2.45, 2.75) is 25.7 Å². The highest BCUT2D eigenvalue weighted by atomic mass is 16.5. The minimum absolute atomic E-state index is 0.0684. The maximum Gasteiger partial charge on any atom is 0.311 e. The first kappa shape index (κ1) is 8.04. The molecule has 0 amide bonds. The molecule has 0 radical (unpaired) electrons. The Kier molecular flexibility index (Phi) is 1.63. The Hall–Kier alpha value is -1.31. The Morgan fingerprint density at radius 3 is 3.00 bits per heavy atom. The molecule has 3 rings (SSSR count). The van der Waals surface area contributed by atoms with E-state index in [0.29, 0.717) is 12.3 Å². The van der Waals surface area contributed by atoms with E-state index in [1.807, 2.05) is 6.08 Å². The number of carbonyl (C=O) groups is 1. The third-order valence-electron chi connectivity index (χ3n) is 3.10. The molecule has 72 valence electrons. The summed E-state index contributed by atoms with van der Waals surface area (Å²) in [5.41, 5.74) is 2.68. The van der Waals surface area contributed by atoms with Crippen molar-refractivity contribution < 1.29 is 9.53 Å². The van der Waals surface area contributed by atoms with Crippen molar-refractivity contribution in [3.05, 3.63) is 35.1 Å². The van der Waals surface area contributed by atoms with Gasteiger partial charge in [-0.15, -0.1) is 0 Å². The van der Waals surface area contributed by atoms with Gasteiger partial charge in [-0.3, -0.25) is 4.79 Å². The molecule has 1 fully saturated rings. The van der Waals surface area contributed by atoms with E-state index in [9.17, 15) is 4.79 Å². The van der Waals surface area contributed by atoms with E-state index in [1.165, 1.54) is 11.1 Å². The molecule has 2 nitrogen and oxygen atoms in total. The monoisotopic (exact) mass is 188 g/mol. The Balaban J connectivity index is 2.00. The van der Waals surface area contributed by atoms with Gasteiger partial charge in [-0.1, -0.05) is 12.2 Å². The summed E-state index contributed by atoms with van der Waals surface area (Å²) in [7, 11) is 0. The van der Waals surface area contributed by atoms with Gasteiger partial charge in [0.1, 0.15) is 5.76 Å². The highest BCUT2D eigenvalue weighted by Gasteiger charge is 2.34. The Morgan fingerprint density at radius 1 is 1.21 bits per heavy atom. The zero-order valence-electron chi connectivity index (χ0n) is 7.95. The van der Waals surface area contributed by atoms with Crippen LogP contribution in [0, 0.1) is 5.92 Å². The van der Waals surface area contributed by atoms with Gasteiger partial charge >= 0.3 is 5.97 Å². The molecule has 14 heavy (non-hydrogen) atoms. The van der Waals surface area contributed by atoms with E-state index < -0.39 is 0 Å². The summed E-state index contributed by atoms with van der Waals surface area (Å²) in [6.45, 7) is 0. The van der Waals surface area contributed by atoms with Gasteiger partial charge in [-0.2, -0.15) is 0 Å². The molecule has 3 aliphatic rings. The van der Waals surface area contributed by atoms with Gasteiger partial charge in [0, 0.05) is 5.92 Å². The number of fused-ring (bicyclic) bond motifs is 2. The van der Waals surface area contributed by atoms with Crippen molar-refractivity contribution in [2.75, 3.05) is 0 Å². The summed E-state index contributed by atoms with van der Waals surface area (Å²) < 4.78 is 5.17. The molecule has 0 bridgehead atoms. The average molecular weight is 188 g/mol. The van der Waals surface area contributed by atoms with E-state index in [-0.39, 0.29) is 5.97 Å². The van der Waals surface area contributed by atoms with E-state index in [1.54, 1.807) is 0 Å². The first-order valence-corrected chi connectivity index (χ1v) is 5.15. The largest absolute Gasteiger partial charge is 0.431 e. The molecule has 0 aromatic heterocycles. The van der Waals surface area contributed by atoms with Crippen LogP contribution in [-0.2, 0) is 9.53 Å². The van der Waals surface area contributed by atoms with Crippen molar-refractivity contribution in [3.8, 4) is 0 Å². The van der Waals surface area contributed by atoms with Gasteiger partial charge < -0.3 is 4.74 Å². The number of carbonyl (C=O) groups excluding carboxylic acids is 1. The van der Waals surface area contributed by atoms with Crippen molar-refractivity contribution in [1.29, 1.82) is 0 Å².